The molecule has 0 radical (unpaired) electrons. The minimum atomic E-state index is -3.93. The number of nitrogens with zero attached hydrogens (tertiary/aromatic N) is 1. The lowest BCUT2D eigenvalue weighted by atomic mass is 9.85. The van der Waals surface area contributed by atoms with Crippen molar-refractivity contribution in [2.45, 2.75) is 23.8 Å². The quantitative estimate of drug-likeness (QED) is 0.736. The topological polar surface area (TPSA) is 110 Å². The minimum absolute atomic E-state index is 0.0830. The molecular weight excluding hydrogens is 390 g/mol. The van der Waals surface area contributed by atoms with Crippen LogP contribution in [0.2, 0.25) is 5.02 Å². The van der Waals surface area contributed by atoms with E-state index in [1.807, 2.05) is 6.92 Å². The summed E-state index contributed by atoms with van der Waals surface area (Å²) in [5, 5.41) is 8.37. The van der Waals surface area contributed by atoms with Gasteiger partial charge < -0.3 is 15.0 Å². The predicted octanol–water partition coefficient (Wildman–Crippen LogP) is 2.00. The van der Waals surface area contributed by atoms with Crippen LogP contribution in [0, 0.1) is 0 Å². The molecule has 1 atom stereocenters. The molecule has 0 fully saturated rings. The summed E-state index contributed by atoms with van der Waals surface area (Å²) >= 11 is 6.01. The molecule has 142 valence electrons. The molecule has 2 aromatic carbocycles. The summed E-state index contributed by atoms with van der Waals surface area (Å²) in [4.78, 5) is 26.2. The Balaban J connectivity index is 2.21. The van der Waals surface area contributed by atoms with Gasteiger partial charge in [-0.05, 0) is 42.3 Å². The van der Waals surface area contributed by atoms with Gasteiger partial charge in [0.25, 0.3) is 5.91 Å². The maximum atomic E-state index is 12.3. The van der Waals surface area contributed by atoms with E-state index in [0.717, 1.165) is 6.29 Å². The summed E-state index contributed by atoms with van der Waals surface area (Å²) < 4.78 is 23.5. The smallest absolute Gasteiger partial charge is 0.254 e. The van der Waals surface area contributed by atoms with Crippen molar-refractivity contribution in [3.05, 3.63) is 58.6 Å². The second-order valence-corrected chi connectivity index (χ2v) is 8.22. The van der Waals surface area contributed by atoms with Crippen molar-refractivity contribution >= 4 is 39.5 Å². The molecule has 1 heterocycles. The molecule has 0 bridgehead atoms. The maximum Gasteiger partial charge on any atom is 0.254 e. The molecule has 7 nitrogen and oxygen atoms in total. The van der Waals surface area contributed by atoms with Crippen molar-refractivity contribution in [1.82, 2.24) is 5.32 Å². The lowest BCUT2D eigenvalue weighted by molar-refractivity contribution is -0.112. The Morgan fingerprint density at radius 1 is 1.30 bits per heavy atom. The zero-order valence-electron chi connectivity index (χ0n) is 14.5. The molecule has 0 aliphatic carbocycles. The number of sulfonamides is 1. The third-order valence-electron chi connectivity index (χ3n) is 4.77. The van der Waals surface area contributed by atoms with E-state index in [0.29, 0.717) is 28.3 Å². The first-order valence-corrected chi connectivity index (χ1v) is 10.1. The van der Waals surface area contributed by atoms with Gasteiger partial charge in [0.15, 0.2) is 0 Å². The normalized spacial score (nSPS) is 16.3. The molecule has 2 aromatic rings. The van der Waals surface area contributed by atoms with Gasteiger partial charge in [0.2, 0.25) is 10.0 Å². The summed E-state index contributed by atoms with van der Waals surface area (Å²) in [6, 6.07) is 10.8. The number of hydrogen-bond donors (Lipinski definition) is 2. The Bertz CT molecular complexity index is 1030. The standard InChI is InChI=1S/C18H18ClN3O4S/c1-2-18(10-23,12-4-3-5-14(8-12)27(20,25)26)22-11-21-17(24)15-9-13(19)6-7-16(15)22/h3-10H,2,11H2,1H3,(H,21,24)(H2,20,25,26). The van der Waals surface area contributed by atoms with E-state index in [1.165, 1.54) is 24.3 Å². The van der Waals surface area contributed by atoms with Crippen molar-refractivity contribution in [1.29, 1.82) is 0 Å². The highest BCUT2D eigenvalue weighted by atomic mass is 35.5. The van der Waals surface area contributed by atoms with Crippen LogP contribution >= 0.6 is 11.6 Å². The Labute approximate surface area is 162 Å². The number of carbonyl (C=O) groups excluding carboxylic acids is 2. The number of anilines is 1. The Hall–Kier alpha value is -2.42. The van der Waals surface area contributed by atoms with Gasteiger partial charge in [0.1, 0.15) is 11.8 Å². The summed E-state index contributed by atoms with van der Waals surface area (Å²) in [7, 11) is -3.93. The van der Waals surface area contributed by atoms with Crippen LogP contribution in [0.5, 0.6) is 0 Å². The van der Waals surface area contributed by atoms with Gasteiger partial charge in [0, 0.05) is 5.02 Å². The molecule has 3 N–H and O–H groups in total. The van der Waals surface area contributed by atoms with Gasteiger partial charge in [-0.1, -0.05) is 30.7 Å². The van der Waals surface area contributed by atoms with Crippen LogP contribution in [0.1, 0.15) is 29.3 Å². The second-order valence-electron chi connectivity index (χ2n) is 6.22. The van der Waals surface area contributed by atoms with Gasteiger partial charge in [-0.15, -0.1) is 0 Å². The lowest BCUT2D eigenvalue weighted by Gasteiger charge is -2.44. The fourth-order valence-corrected chi connectivity index (χ4v) is 4.05. The van der Waals surface area contributed by atoms with Crippen LogP contribution in [-0.4, -0.2) is 27.3 Å². The third-order valence-corrected chi connectivity index (χ3v) is 5.92. The van der Waals surface area contributed by atoms with Crippen LogP contribution in [0.4, 0.5) is 5.69 Å². The number of carbonyl (C=O) groups is 2. The first-order valence-electron chi connectivity index (χ1n) is 8.18. The number of nitrogens with one attached hydrogen (secondary N) is 1. The largest absolute Gasteiger partial charge is 0.337 e. The number of fused-ring (bicyclic) bond motifs is 1. The number of halogens is 1. The summed E-state index contributed by atoms with van der Waals surface area (Å²) in [6.45, 7) is 1.89. The Morgan fingerprint density at radius 2 is 2.04 bits per heavy atom. The SMILES string of the molecule is CCC(C=O)(c1cccc(S(N)(=O)=O)c1)N1CNC(=O)c2cc(Cl)ccc21. The van der Waals surface area contributed by atoms with E-state index in [-0.39, 0.29) is 17.5 Å². The van der Waals surface area contributed by atoms with Crippen LogP contribution in [0.3, 0.4) is 0 Å². The Kier molecular flexibility index (Phi) is 4.98. The molecule has 0 aromatic heterocycles. The van der Waals surface area contributed by atoms with E-state index < -0.39 is 15.6 Å². The number of aldehydes is 1. The summed E-state index contributed by atoms with van der Waals surface area (Å²) in [5.74, 6) is -0.294. The molecular formula is C18H18ClN3O4S. The van der Waals surface area contributed by atoms with Gasteiger partial charge in [0.05, 0.1) is 22.8 Å². The second kappa shape index (κ2) is 6.95. The number of amides is 1. The van der Waals surface area contributed by atoms with Crippen molar-refractivity contribution in [2.24, 2.45) is 5.14 Å². The van der Waals surface area contributed by atoms with Crippen molar-refractivity contribution in [2.75, 3.05) is 11.6 Å². The molecule has 0 saturated carbocycles. The van der Waals surface area contributed by atoms with Crippen LogP contribution in [0.15, 0.2) is 47.4 Å². The lowest BCUT2D eigenvalue weighted by Crippen LogP contribution is -2.55. The zero-order chi connectivity index (χ0) is 19.8. The molecule has 1 aliphatic heterocycles. The average Bonchev–Trinajstić information content (AvgIpc) is 2.64. The molecule has 1 unspecified atom stereocenters. The zero-order valence-corrected chi connectivity index (χ0v) is 16.0. The van der Waals surface area contributed by atoms with Crippen molar-refractivity contribution in [3.8, 4) is 0 Å². The first-order chi connectivity index (χ1) is 12.7. The molecule has 3 rings (SSSR count). The Morgan fingerprint density at radius 3 is 2.67 bits per heavy atom. The van der Waals surface area contributed by atoms with Gasteiger partial charge in [-0.3, -0.25) is 4.79 Å². The molecule has 9 heteroatoms. The highest BCUT2D eigenvalue weighted by Crippen LogP contribution is 2.38. The highest BCUT2D eigenvalue weighted by molar-refractivity contribution is 7.89. The average molecular weight is 408 g/mol. The molecule has 0 spiro atoms. The monoisotopic (exact) mass is 407 g/mol. The number of rotatable bonds is 5. The van der Waals surface area contributed by atoms with Crippen molar-refractivity contribution < 1.29 is 18.0 Å². The van der Waals surface area contributed by atoms with E-state index >= 15 is 0 Å². The first kappa shape index (κ1) is 19.3. The van der Waals surface area contributed by atoms with Gasteiger partial charge >= 0.3 is 0 Å². The minimum Gasteiger partial charge on any atom is -0.337 e. The van der Waals surface area contributed by atoms with Gasteiger partial charge in [-0.25, -0.2) is 13.6 Å². The number of benzene rings is 2. The van der Waals surface area contributed by atoms with E-state index in [9.17, 15) is 18.0 Å². The molecule has 0 saturated heterocycles. The fraction of sp³-hybridized carbons (Fsp3) is 0.222. The van der Waals surface area contributed by atoms with Crippen LogP contribution in [0.25, 0.3) is 0 Å². The highest BCUT2D eigenvalue weighted by Gasteiger charge is 2.41. The number of nitrogens with two attached hydrogens (primary N) is 1. The van der Waals surface area contributed by atoms with E-state index in [4.69, 9.17) is 16.7 Å². The molecule has 27 heavy (non-hydrogen) atoms. The maximum absolute atomic E-state index is 12.3. The third kappa shape index (κ3) is 3.31. The molecule has 1 amide bonds. The van der Waals surface area contributed by atoms with Gasteiger partial charge in [-0.2, -0.15) is 0 Å². The number of hydrogen-bond acceptors (Lipinski definition) is 5. The number of primary sulfonamides is 1. The predicted molar refractivity (Wildman–Crippen MR) is 102 cm³/mol. The summed E-state index contributed by atoms with van der Waals surface area (Å²) in [5.41, 5.74) is 0.148. The van der Waals surface area contributed by atoms with E-state index in [2.05, 4.69) is 5.32 Å². The van der Waals surface area contributed by atoms with Crippen LogP contribution < -0.4 is 15.4 Å². The van der Waals surface area contributed by atoms with E-state index in [1.54, 1.807) is 23.1 Å². The molecule has 1 aliphatic rings. The van der Waals surface area contributed by atoms with Crippen molar-refractivity contribution in [3.63, 3.8) is 0 Å². The van der Waals surface area contributed by atoms with Crippen LogP contribution in [-0.2, 0) is 20.4 Å². The summed E-state index contributed by atoms with van der Waals surface area (Å²) in [6.07, 6.45) is 1.09. The fourth-order valence-electron chi connectivity index (χ4n) is 3.32.